The third-order valence-electron chi connectivity index (χ3n) is 2.47. The van der Waals surface area contributed by atoms with Crippen LogP contribution in [0.3, 0.4) is 0 Å². The van der Waals surface area contributed by atoms with E-state index in [9.17, 15) is 9.90 Å². The van der Waals surface area contributed by atoms with Gasteiger partial charge in [0.1, 0.15) is 5.60 Å². The zero-order valence-corrected chi connectivity index (χ0v) is 12.0. The van der Waals surface area contributed by atoms with Gasteiger partial charge in [-0.1, -0.05) is 0 Å². The zero-order chi connectivity index (χ0) is 14.5. The van der Waals surface area contributed by atoms with Gasteiger partial charge < -0.3 is 15.2 Å². The molecule has 0 bridgehead atoms. The summed E-state index contributed by atoms with van der Waals surface area (Å²) in [7, 11) is 1.84. The van der Waals surface area contributed by atoms with Crippen LogP contribution in [-0.2, 0) is 18.2 Å². The second kappa shape index (κ2) is 6.56. The summed E-state index contributed by atoms with van der Waals surface area (Å²) in [6, 6.07) is 0. The van der Waals surface area contributed by atoms with E-state index < -0.39 is 11.7 Å². The highest BCUT2D eigenvalue weighted by Gasteiger charge is 2.17. The molecule has 0 aromatic carbocycles. The van der Waals surface area contributed by atoms with E-state index in [-0.39, 0.29) is 12.5 Å². The first-order chi connectivity index (χ1) is 8.80. The maximum Gasteiger partial charge on any atom is 0.407 e. The minimum absolute atomic E-state index is 0.00465. The number of nitrogens with zero attached hydrogens (tertiary/aromatic N) is 2. The molecule has 19 heavy (non-hydrogen) atoms. The molecule has 6 nitrogen and oxygen atoms in total. The molecule has 0 fully saturated rings. The van der Waals surface area contributed by atoms with Crippen molar-refractivity contribution in [2.75, 3.05) is 13.2 Å². The van der Waals surface area contributed by atoms with Crippen LogP contribution in [0.1, 0.15) is 26.3 Å². The molecule has 6 heteroatoms. The summed E-state index contributed by atoms with van der Waals surface area (Å²) >= 11 is 0. The van der Waals surface area contributed by atoms with E-state index in [1.54, 1.807) is 10.9 Å². The van der Waals surface area contributed by atoms with Crippen LogP contribution in [0.15, 0.2) is 12.4 Å². The summed E-state index contributed by atoms with van der Waals surface area (Å²) in [6.07, 6.45) is 3.86. The largest absolute Gasteiger partial charge is 0.444 e. The molecule has 1 rings (SSSR count). The quantitative estimate of drug-likeness (QED) is 0.839. The first-order valence-electron chi connectivity index (χ1n) is 6.35. The third kappa shape index (κ3) is 6.24. The van der Waals surface area contributed by atoms with Gasteiger partial charge in [0.2, 0.25) is 0 Å². The number of aliphatic hydroxyl groups is 1. The first-order valence-corrected chi connectivity index (χ1v) is 6.35. The Kier molecular flexibility index (Phi) is 5.35. The number of carbonyl (C=O) groups excluding carboxylic acids is 1. The van der Waals surface area contributed by atoms with Crippen molar-refractivity contribution in [1.29, 1.82) is 0 Å². The molecule has 0 saturated carbocycles. The molecule has 0 aliphatic carbocycles. The maximum absolute atomic E-state index is 11.5. The highest BCUT2D eigenvalue weighted by atomic mass is 16.6. The number of aromatic nitrogens is 2. The molecule has 0 aliphatic heterocycles. The summed E-state index contributed by atoms with van der Waals surface area (Å²) in [5.41, 5.74) is 0.523. The summed E-state index contributed by atoms with van der Waals surface area (Å²) < 4.78 is 6.85. The molecule has 2 N–H and O–H groups in total. The Hall–Kier alpha value is -1.56. The minimum Gasteiger partial charge on any atom is -0.444 e. The number of hydrogen-bond donors (Lipinski definition) is 2. The van der Waals surface area contributed by atoms with Crippen LogP contribution in [0.25, 0.3) is 0 Å². The van der Waals surface area contributed by atoms with Gasteiger partial charge in [-0.15, -0.1) is 0 Å². The van der Waals surface area contributed by atoms with Gasteiger partial charge in [-0.05, 0) is 32.8 Å². The minimum atomic E-state index is -0.512. The van der Waals surface area contributed by atoms with E-state index in [1.807, 2.05) is 34.0 Å². The fourth-order valence-electron chi connectivity index (χ4n) is 1.65. The normalized spacial score (nSPS) is 13.1. The third-order valence-corrected chi connectivity index (χ3v) is 2.47. The van der Waals surface area contributed by atoms with Crippen LogP contribution >= 0.6 is 0 Å². The van der Waals surface area contributed by atoms with E-state index in [0.29, 0.717) is 13.0 Å². The van der Waals surface area contributed by atoms with Gasteiger partial charge in [-0.3, -0.25) is 4.68 Å². The molecule has 1 aromatic heterocycles. The summed E-state index contributed by atoms with van der Waals surface area (Å²) in [5.74, 6) is -0.0447. The van der Waals surface area contributed by atoms with Gasteiger partial charge >= 0.3 is 6.09 Å². The lowest BCUT2D eigenvalue weighted by Gasteiger charge is -2.21. The summed E-state index contributed by atoms with van der Waals surface area (Å²) in [5, 5.41) is 16.1. The number of amides is 1. The van der Waals surface area contributed by atoms with Crippen LogP contribution in [0.5, 0.6) is 0 Å². The van der Waals surface area contributed by atoms with Gasteiger partial charge in [0.25, 0.3) is 0 Å². The highest BCUT2D eigenvalue weighted by Crippen LogP contribution is 2.09. The summed E-state index contributed by atoms with van der Waals surface area (Å²) in [4.78, 5) is 11.5. The molecule has 1 atom stereocenters. The average molecular weight is 269 g/mol. The van der Waals surface area contributed by atoms with Crippen LogP contribution in [0.4, 0.5) is 4.79 Å². The van der Waals surface area contributed by atoms with E-state index in [0.717, 1.165) is 5.56 Å². The van der Waals surface area contributed by atoms with Gasteiger partial charge in [-0.25, -0.2) is 4.79 Å². The Bertz CT molecular complexity index is 410. The molecular formula is C13H23N3O3. The number of aliphatic hydroxyl groups excluding tert-OH is 1. The topological polar surface area (TPSA) is 76.4 Å². The number of hydrogen-bond acceptors (Lipinski definition) is 4. The summed E-state index contributed by atoms with van der Waals surface area (Å²) in [6.45, 7) is 5.81. The molecule has 1 amide bonds. The van der Waals surface area contributed by atoms with Crippen molar-refractivity contribution in [3.63, 3.8) is 0 Å². The standard InChI is InChI=1S/C13H23N3O3/c1-13(2,3)19-12(18)14-6-11(9-17)5-10-7-15-16(4)8-10/h7-8,11,17H,5-6,9H2,1-4H3,(H,14,18). The SMILES string of the molecule is Cn1cc(CC(CO)CNC(=O)OC(C)(C)C)cn1. The predicted molar refractivity (Wildman–Crippen MR) is 71.7 cm³/mol. The number of aryl methyl sites for hydroxylation is 1. The Morgan fingerprint density at radius 2 is 2.26 bits per heavy atom. The smallest absolute Gasteiger partial charge is 0.407 e. The van der Waals surface area contributed by atoms with Gasteiger partial charge in [0, 0.05) is 32.3 Å². The van der Waals surface area contributed by atoms with Crippen molar-refractivity contribution < 1.29 is 14.6 Å². The lowest BCUT2D eigenvalue weighted by Crippen LogP contribution is -2.36. The Labute approximate surface area is 113 Å². The van der Waals surface area contributed by atoms with Crippen LogP contribution in [0, 0.1) is 5.92 Å². The van der Waals surface area contributed by atoms with E-state index in [1.165, 1.54) is 0 Å². The average Bonchev–Trinajstić information content (AvgIpc) is 2.67. The first kappa shape index (κ1) is 15.5. The van der Waals surface area contributed by atoms with Gasteiger partial charge in [0.05, 0.1) is 6.20 Å². The van der Waals surface area contributed by atoms with Crippen LogP contribution in [0.2, 0.25) is 0 Å². The Balaban J connectivity index is 2.38. The Morgan fingerprint density at radius 3 is 2.74 bits per heavy atom. The number of nitrogens with one attached hydrogen (secondary N) is 1. The molecule has 1 aromatic rings. The van der Waals surface area contributed by atoms with Crippen molar-refractivity contribution in [3.8, 4) is 0 Å². The maximum atomic E-state index is 11.5. The number of rotatable bonds is 5. The molecule has 0 radical (unpaired) electrons. The van der Waals surface area contributed by atoms with Crippen LogP contribution in [-0.4, -0.2) is 39.7 Å². The van der Waals surface area contributed by atoms with E-state index >= 15 is 0 Å². The molecular weight excluding hydrogens is 246 g/mol. The zero-order valence-electron chi connectivity index (χ0n) is 12.0. The molecule has 0 aliphatic rings. The van der Waals surface area contributed by atoms with E-state index in [4.69, 9.17) is 4.74 Å². The van der Waals surface area contributed by atoms with Gasteiger partial charge in [0.15, 0.2) is 0 Å². The van der Waals surface area contributed by atoms with Crippen molar-refractivity contribution in [2.24, 2.45) is 13.0 Å². The fraction of sp³-hybridized carbons (Fsp3) is 0.692. The number of carbonyl (C=O) groups is 1. The molecule has 1 unspecified atom stereocenters. The van der Waals surface area contributed by atoms with Gasteiger partial charge in [-0.2, -0.15) is 5.10 Å². The molecule has 108 valence electrons. The van der Waals surface area contributed by atoms with Crippen molar-refractivity contribution in [2.45, 2.75) is 32.8 Å². The lowest BCUT2D eigenvalue weighted by atomic mass is 10.0. The van der Waals surface area contributed by atoms with Crippen molar-refractivity contribution in [3.05, 3.63) is 18.0 Å². The predicted octanol–water partition coefficient (Wildman–Crippen LogP) is 1.10. The van der Waals surface area contributed by atoms with E-state index in [2.05, 4.69) is 10.4 Å². The lowest BCUT2D eigenvalue weighted by molar-refractivity contribution is 0.0512. The monoisotopic (exact) mass is 269 g/mol. The second-order valence-corrected chi connectivity index (χ2v) is 5.66. The fourth-order valence-corrected chi connectivity index (χ4v) is 1.65. The molecule has 1 heterocycles. The van der Waals surface area contributed by atoms with Crippen molar-refractivity contribution >= 4 is 6.09 Å². The van der Waals surface area contributed by atoms with Crippen molar-refractivity contribution in [1.82, 2.24) is 15.1 Å². The highest BCUT2D eigenvalue weighted by molar-refractivity contribution is 5.67. The Morgan fingerprint density at radius 1 is 1.58 bits per heavy atom. The molecule has 0 spiro atoms. The molecule has 0 saturated heterocycles. The number of alkyl carbamates (subject to hydrolysis) is 1. The van der Waals surface area contributed by atoms with Crippen LogP contribution < -0.4 is 5.32 Å². The second-order valence-electron chi connectivity index (χ2n) is 5.66. The number of ether oxygens (including phenoxy) is 1.